The van der Waals surface area contributed by atoms with E-state index < -0.39 is 17.0 Å². The Morgan fingerprint density at radius 2 is 2.00 bits per heavy atom. The Balaban J connectivity index is 1.69. The van der Waals surface area contributed by atoms with Crippen LogP contribution in [0.2, 0.25) is 0 Å². The molecule has 0 unspecified atom stereocenters. The number of carbonyl (C=O) groups excluding carboxylic acids is 2. The minimum absolute atomic E-state index is 0.0646. The van der Waals surface area contributed by atoms with E-state index in [-0.39, 0.29) is 42.9 Å². The van der Waals surface area contributed by atoms with Crippen molar-refractivity contribution in [1.29, 1.82) is 0 Å². The quantitative estimate of drug-likeness (QED) is 0.513. The minimum Gasteiger partial charge on any atom is -0.384 e. The molecule has 1 atom stereocenters. The number of nitrogens with one attached hydrogen (secondary N) is 2. The number of rotatable bonds is 8. The zero-order valence-electron chi connectivity index (χ0n) is 17.4. The Labute approximate surface area is 179 Å². The van der Waals surface area contributed by atoms with Crippen molar-refractivity contribution in [3.63, 3.8) is 0 Å². The number of Topliss-reactive ketones (excluding diaryl/α,β-unsaturated/α-hetero) is 1. The van der Waals surface area contributed by atoms with Crippen molar-refractivity contribution in [2.45, 2.75) is 19.4 Å². The second-order valence-corrected chi connectivity index (χ2v) is 7.52. The number of piperidine rings is 1. The fourth-order valence-electron chi connectivity index (χ4n) is 3.72. The Morgan fingerprint density at radius 3 is 2.71 bits per heavy atom. The van der Waals surface area contributed by atoms with E-state index in [1.807, 2.05) is 35.2 Å². The molecule has 1 aliphatic heterocycles. The highest BCUT2D eigenvalue weighted by Gasteiger charge is 2.28. The summed E-state index contributed by atoms with van der Waals surface area (Å²) in [6, 6.07) is 9.19. The molecule has 31 heavy (non-hydrogen) atoms. The number of likely N-dealkylation sites (tertiary alicyclic amines) is 1. The average molecular weight is 429 g/mol. The number of carbonyl (C=O) groups is 2. The number of ketones is 1. The molecule has 0 saturated carbocycles. The molecule has 4 N–H and O–H groups in total. The number of nitrogen functional groups attached to an aromatic ring is 1. The molecule has 10 heteroatoms. The molecule has 1 aromatic heterocycles. The van der Waals surface area contributed by atoms with Crippen LogP contribution in [-0.4, -0.2) is 59.5 Å². The van der Waals surface area contributed by atoms with Crippen molar-refractivity contribution < 1.29 is 14.3 Å². The van der Waals surface area contributed by atoms with Gasteiger partial charge in [-0.25, -0.2) is 4.79 Å². The van der Waals surface area contributed by atoms with E-state index in [9.17, 15) is 19.2 Å². The lowest BCUT2D eigenvalue weighted by molar-refractivity contribution is -0.121. The molecule has 3 rings (SSSR count). The van der Waals surface area contributed by atoms with Crippen LogP contribution in [0.1, 0.15) is 23.2 Å². The number of aromatic amines is 1. The lowest BCUT2D eigenvalue weighted by atomic mass is 9.96. The van der Waals surface area contributed by atoms with Crippen LogP contribution in [0.15, 0.2) is 39.9 Å². The fourth-order valence-corrected chi connectivity index (χ4v) is 3.72. The van der Waals surface area contributed by atoms with Gasteiger partial charge in [-0.05, 0) is 31.5 Å². The molecule has 0 aliphatic carbocycles. The number of hydrogen-bond donors (Lipinski definition) is 3. The third-order valence-corrected chi connectivity index (χ3v) is 5.32. The smallest absolute Gasteiger partial charge is 0.330 e. The van der Waals surface area contributed by atoms with Crippen molar-refractivity contribution in [3.05, 3.63) is 56.7 Å². The van der Waals surface area contributed by atoms with Crippen LogP contribution in [0, 0.1) is 5.92 Å². The van der Waals surface area contributed by atoms with Crippen molar-refractivity contribution in [2.75, 3.05) is 44.4 Å². The lowest BCUT2D eigenvalue weighted by Crippen LogP contribution is -2.44. The van der Waals surface area contributed by atoms with Gasteiger partial charge in [0.25, 0.3) is 5.56 Å². The molecule has 0 spiro atoms. The highest BCUT2D eigenvalue weighted by atomic mass is 16.5. The molecule has 1 saturated heterocycles. The van der Waals surface area contributed by atoms with Gasteiger partial charge in [-0.2, -0.15) is 0 Å². The van der Waals surface area contributed by atoms with Gasteiger partial charge in [0.15, 0.2) is 5.78 Å². The van der Waals surface area contributed by atoms with Gasteiger partial charge < -0.3 is 15.8 Å². The third kappa shape index (κ3) is 5.47. The van der Waals surface area contributed by atoms with E-state index in [2.05, 4.69) is 10.3 Å². The first-order valence-corrected chi connectivity index (χ1v) is 10.1. The summed E-state index contributed by atoms with van der Waals surface area (Å²) in [6.45, 7) is 1.27. The number of aromatic nitrogens is 2. The number of nitrogens with zero attached hydrogens (tertiary/aromatic N) is 2. The Morgan fingerprint density at radius 1 is 1.26 bits per heavy atom. The predicted octanol–water partition coefficient (Wildman–Crippen LogP) is 0.299. The van der Waals surface area contributed by atoms with E-state index in [0.29, 0.717) is 19.5 Å². The maximum Gasteiger partial charge on any atom is 0.330 e. The normalized spacial score (nSPS) is 16.7. The number of anilines is 2. The van der Waals surface area contributed by atoms with Crippen LogP contribution in [-0.2, 0) is 16.1 Å². The van der Waals surface area contributed by atoms with Crippen molar-refractivity contribution in [3.8, 4) is 0 Å². The predicted molar refractivity (Wildman–Crippen MR) is 116 cm³/mol. The monoisotopic (exact) mass is 429 g/mol. The van der Waals surface area contributed by atoms with Gasteiger partial charge >= 0.3 is 5.69 Å². The first-order valence-electron chi connectivity index (χ1n) is 10.1. The van der Waals surface area contributed by atoms with E-state index in [1.54, 1.807) is 0 Å². The molecule has 1 fully saturated rings. The van der Waals surface area contributed by atoms with Crippen molar-refractivity contribution in [2.24, 2.45) is 5.92 Å². The summed E-state index contributed by atoms with van der Waals surface area (Å²) >= 11 is 0. The molecular weight excluding hydrogens is 402 g/mol. The summed E-state index contributed by atoms with van der Waals surface area (Å²) in [5.41, 5.74) is 4.96. The Kier molecular flexibility index (Phi) is 7.37. The minimum atomic E-state index is -0.809. The van der Waals surface area contributed by atoms with Crippen LogP contribution in [0.25, 0.3) is 0 Å². The molecule has 1 aromatic carbocycles. The maximum atomic E-state index is 12.9. The summed E-state index contributed by atoms with van der Waals surface area (Å²) in [6.07, 6.45) is 1.47. The Bertz CT molecular complexity index is 1050. The number of benzene rings is 1. The number of methoxy groups -OCH3 is 1. The lowest BCUT2D eigenvalue weighted by Gasteiger charge is -2.31. The second-order valence-electron chi connectivity index (χ2n) is 7.52. The molecule has 1 amide bonds. The van der Waals surface area contributed by atoms with E-state index in [4.69, 9.17) is 10.5 Å². The van der Waals surface area contributed by atoms with Gasteiger partial charge in [-0.3, -0.25) is 28.8 Å². The van der Waals surface area contributed by atoms with E-state index in [0.717, 1.165) is 16.7 Å². The van der Waals surface area contributed by atoms with Gasteiger partial charge in [0.2, 0.25) is 5.91 Å². The molecule has 166 valence electrons. The summed E-state index contributed by atoms with van der Waals surface area (Å²) in [7, 11) is 1.47. The third-order valence-electron chi connectivity index (χ3n) is 5.32. The van der Waals surface area contributed by atoms with Gasteiger partial charge in [0.05, 0.1) is 25.6 Å². The molecular formula is C21H27N5O5. The first-order chi connectivity index (χ1) is 14.9. The highest BCUT2D eigenvalue weighted by Crippen LogP contribution is 2.19. The fraction of sp³-hybridized carbons (Fsp3) is 0.429. The molecule has 1 aliphatic rings. The average Bonchev–Trinajstić information content (AvgIpc) is 2.74. The number of amides is 1. The molecule has 0 radical (unpaired) electrons. The van der Waals surface area contributed by atoms with Gasteiger partial charge in [0, 0.05) is 19.3 Å². The van der Waals surface area contributed by atoms with Crippen LogP contribution in [0.3, 0.4) is 0 Å². The zero-order valence-corrected chi connectivity index (χ0v) is 17.4. The summed E-state index contributed by atoms with van der Waals surface area (Å²) < 4.78 is 6.06. The van der Waals surface area contributed by atoms with Crippen LogP contribution < -0.4 is 22.3 Å². The number of hydrogen-bond acceptors (Lipinski definition) is 7. The number of H-pyrrole nitrogens is 1. The van der Waals surface area contributed by atoms with Crippen LogP contribution in [0.4, 0.5) is 11.5 Å². The van der Waals surface area contributed by atoms with Gasteiger partial charge in [-0.15, -0.1) is 0 Å². The number of para-hydroxylation sites is 1. The van der Waals surface area contributed by atoms with Gasteiger partial charge in [-0.1, -0.05) is 18.2 Å². The first kappa shape index (κ1) is 22.4. The topological polar surface area (TPSA) is 140 Å². The maximum absolute atomic E-state index is 12.9. The molecule has 10 nitrogen and oxygen atoms in total. The Hall–Kier alpha value is -3.24. The standard InChI is InChI=1S/C21H27N5O5/c1-31-11-10-26-18(22)17(20(29)24-21(26)30)16(27)13-25-9-5-6-14(12-25)19(28)23-15-7-3-2-4-8-15/h2-4,7-8,14H,5-6,9-13,22H2,1H3,(H,23,28)(H,24,29,30)/t14-/m0/s1. The summed E-state index contributed by atoms with van der Waals surface area (Å²) in [4.78, 5) is 53.7. The largest absolute Gasteiger partial charge is 0.384 e. The van der Waals surface area contributed by atoms with Crippen molar-refractivity contribution in [1.82, 2.24) is 14.5 Å². The second kappa shape index (κ2) is 10.2. The molecule has 2 heterocycles. The van der Waals surface area contributed by atoms with E-state index >= 15 is 0 Å². The van der Waals surface area contributed by atoms with E-state index in [1.165, 1.54) is 7.11 Å². The van der Waals surface area contributed by atoms with Gasteiger partial charge in [0.1, 0.15) is 11.4 Å². The summed E-state index contributed by atoms with van der Waals surface area (Å²) in [5.74, 6) is -1.04. The SMILES string of the molecule is COCCn1c(N)c(C(=O)CN2CCC[C@H](C(=O)Nc3ccccc3)C2)c(=O)[nH]c1=O. The molecule has 0 bridgehead atoms. The number of nitrogens with two attached hydrogens (primary N) is 1. The van der Waals surface area contributed by atoms with Crippen LogP contribution >= 0.6 is 0 Å². The van der Waals surface area contributed by atoms with Crippen LogP contribution in [0.5, 0.6) is 0 Å². The number of ether oxygens (including phenoxy) is 1. The van der Waals surface area contributed by atoms with Crippen molar-refractivity contribution >= 4 is 23.2 Å². The zero-order chi connectivity index (χ0) is 22.4. The summed E-state index contributed by atoms with van der Waals surface area (Å²) in [5, 5.41) is 2.89. The molecule has 2 aromatic rings. The highest BCUT2D eigenvalue weighted by molar-refractivity contribution is 6.01.